The molecule has 4 nitrogen and oxygen atoms in total. The zero-order chi connectivity index (χ0) is 11.9. The van der Waals surface area contributed by atoms with E-state index in [0.717, 1.165) is 0 Å². The Morgan fingerprint density at radius 3 is 2.27 bits per heavy atom. The lowest BCUT2D eigenvalue weighted by atomic mass is 10.1. The first-order chi connectivity index (χ1) is 6.87. The normalized spacial score (nSPS) is 11.1. The van der Waals surface area contributed by atoms with Gasteiger partial charge in [0.2, 0.25) is 11.8 Å². The van der Waals surface area contributed by atoms with Crippen molar-refractivity contribution in [1.29, 1.82) is 0 Å². The maximum Gasteiger partial charge on any atom is 0.305 e. The minimum Gasteiger partial charge on any atom is -0.466 e. The largest absolute Gasteiger partial charge is 0.466 e. The van der Waals surface area contributed by atoms with Gasteiger partial charge in [-0.15, -0.1) is 0 Å². The molecule has 0 saturated carbocycles. The minimum atomic E-state index is -3.04. The van der Waals surface area contributed by atoms with Gasteiger partial charge in [0.05, 0.1) is 13.0 Å². The van der Waals surface area contributed by atoms with Crippen LogP contribution in [0.3, 0.4) is 0 Å². The second kappa shape index (κ2) is 6.31. The van der Waals surface area contributed by atoms with E-state index in [1.807, 2.05) is 0 Å². The summed E-state index contributed by atoms with van der Waals surface area (Å²) in [6.45, 7) is 1.77. The van der Waals surface area contributed by atoms with Crippen molar-refractivity contribution in [2.45, 2.75) is 38.5 Å². The molecule has 0 aromatic carbocycles. The van der Waals surface area contributed by atoms with Gasteiger partial charge in [0.15, 0.2) is 0 Å². The molecule has 6 heteroatoms. The summed E-state index contributed by atoms with van der Waals surface area (Å²) in [6, 6.07) is 0. The number of amides is 1. The van der Waals surface area contributed by atoms with Crippen LogP contribution in [0.25, 0.3) is 0 Å². The Kier molecular flexibility index (Phi) is 5.81. The molecule has 0 aliphatic rings. The summed E-state index contributed by atoms with van der Waals surface area (Å²) in [5.41, 5.74) is 4.74. The number of carbonyl (C=O) groups is 2. The van der Waals surface area contributed by atoms with Crippen LogP contribution in [0.5, 0.6) is 0 Å². The minimum absolute atomic E-state index is 0.172. The summed E-state index contributed by atoms with van der Waals surface area (Å²) in [5, 5.41) is 0. The summed E-state index contributed by atoms with van der Waals surface area (Å²) < 4.78 is 30.4. The second-order valence-corrected chi connectivity index (χ2v) is 3.13. The van der Waals surface area contributed by atoms with E-state index in [1.54, 1.807) is 6.92 Å². The molecular formula is C9H15F2NO3. The third-order valence-corrected chi connectivity index (χ3v) is 1.74. The van der Waals surface area contributed by atoms with Crippen LogP contribution in [0.1, 0.15) is 32.6 Å². The Morgan fingerprint density at radius 1 is 1.27 bits per heavy atom. The highest BCUT2D eigenvalue weighted by molar-refractivity contribution is 5.73. The SMILES string of the molecule is CCOC(=O)CCC(F)(F)CCC(N)=O. The summed E-state index contributed by atoms with van der Waals surface area (Å²) >= 11 is 0. The van der Waals surface area contributed by atoms with E-state index in [1.165, 1.54) is 0 Å². The van der Waals surface area contributed by atoms with Crippen molar-refractivity contribution >= 4 is 11.9 Å². The van der Waals surface area contributed by atoms with E-state index in [0.29, 0.717) is 0 Å². The molecule has 0 rings (SSSR count). The molecule has 0 bridgehead atoms. The van der Waals surface area contributed by atoms with E-state index >= 15 is 0 Å². The molecule has 0 aliphatic carbocycles. The fourth-order valence-corrected chi connectivity index (χ4v) is 0.949. The van der Waals surface area contributed by atoms with Gasteiger partial charge in [-0.2, -0.15) is 0 Å². The predicted octanol–water partition coefficient (Wildman–Crippen LogP) is 1.23. The molecule has 15 heavy (non-hydrogen) atoms. The molecule has 1 amide bonds. The Balaban J connectivity index is 3.82. The molecule has 2 N–H and O–H groups in total. The van der Waals surface area contributed by atoms with Crippen LogP contribution in [0.4, 0.5) is 8.78 Å². The van der Waals surface area contributed by atoms with Crippen LogP contribution in [0, 0.1) is 0 Å². The van der Waals surface area contributed by atoms with Gasteiger partial charge in [-0.1, -0.05) is 0 Å². The maximum absolute atomic E-state index is 13.0. The van der Waals surface area contributed by atoms with Crippen LogP contribution >= 0.6 is 0 Å². The highest BCUT2D eigenvalue weighted by Gasteiger charge is 2.29. The number of rotatable bonds is 7. The lowest BCUT2D eigenvalue weighted by Gasteiger charge is -2.14. The second-order valence-electron chi connectivity index (χ2n) is 3.13. The van der Waals surface area contributed by atoms with Gasteiger partial charge >= 0.3 is 5.97 Å². The first-order valence-electron chi connectivity index (χ1n) is 4.69. The first-order valence-corrected chi connectivity index (χ1v) is 4.69. The first kappa shape index (κ1) is 13.8. The number of ether oxygens (including phenoxy) is 1. The molecule has 0 radical (unpaired) electrons. The molecule has 88 valence electrons. The molecule has 0 aliphatic heterocycles. The van der Waals surface area contributed by atoms with Crippen molar-refractivity contribution in [3.8, 4) is 0 Å². The lowest BCUT2D eigenvalue weighted by Crippen LogP contribution is -2.22. The van der Waals surface area contributed by atoms with E-state index in [-0.39, 0.29) is 19.4 Å². The smallest absolute Gasteiger partial charge is 0.305 e. The number of hydrogen-bond acceptors (Lipinski definition) is 3. The average molecular weight is 223 g/mol. The van der Waals surface area contributed by atoms with Crippen molar-refractivity contribution < 1.29 is 23.1 Å². The molecule has 0 aromatic rings. The zero-order valence-electron chi connectivity index (χ0n) is 8.59. The number of alkyl halides is 2. The van der Waals surface area contributed by atoms with Crippen molar-refractivity contribution in [2.24, 2.45) is 5.73 Å². The van der Waals surface area contributed by atoms with E-state index in [2.05, 4.69) is 4.74 Å². The van der Waals surface area contributed by atoms with Gasteiger partial charge < -0.3 is 10.5 Å². The van der Waals surface area contributed by atoms with Crippen molar-refractivity contribution in [3.63, 3.8) is 0 Å². The fourth-order valence-electron chi connectivity index (χ4n) is 0.949. The van der Waals surface area contributed by atoms with Crippen LogP contribution < -0.4 is 5.73 Å². The number of esters is 1. The molecule has 0 fully saturated rings. The molecule has 0 saturated heterocycles. The van der Waals surface area contributed by atoms with Gasteiger partial charge in [-0.3, -0.25) is 9.59 Å². The Morgan fingerprint density at radius 2 is 1.80 bits per heavy atom. The van der Waals surface area contributed by atoms with Gasteiger partial charge in [-0.25, -0.2) is 8.78 Å². The van der Waals surface area contributed by atoms with E-state index < -0.39 is 30.6 Å². The van der Waals surface area contributed by atoms with Crippen molar-refractivity contribution in [1.82, 2.24) is 0 Å². The highest BCUT2D eigenvalue weighted by Crippen LogP contribution is 2.26. The summed E-state index contributed by atoms with van der Waals surface area (Å²) in [7, 11) is 0. The lowest BCUT2D eigenvalue weighted by molar-refractivity contribution is -0.145. The molecule has 0 unspecified atom stereocenters. The number of primary amides is 1. The van der Waals surface area contributed by atoms with E-state index in [9.17, 15) is 18.4 Å². The third kappa shape index (κ3) is 7.84. The predicted molar refractivity (Wildman–Crippen MR) is 49.2 cm³/mol. The molecule has 0 atom stereocenters. The Labute approximate surface area is 86.8 Å². The highest BCUT2D eigenvalue weighted by atomic mass is 19.3. The van der Waals surface area contributed by atoms with Crippen LogP contribution in [-0.4, -0.2) is 24.4 Å². The maximum atomic E-state index is 13.0. The van der Waals surface area contributed by atoms with Gasteiger partial charge in [0, 0.05) is 19.3 Å². The summed E-state index contributed by atoms with van der Waals surface area (Å²) in [5.74, 6) is -4.47. The topological polar surface area (TPSA) is 69.4 Å². The Bertz CT molecular complexity index is 231. The molecule has 0 heterocycles. The standard InChI is InChI=1S/C9H15F2NO3/c1-2-15-8(14)4-6-9(10,11)5-3-7(12)13/h2-6H2,1H3,(H2,12,13). The van der Waals surface area contributed by atoms with E-state index in [4.69, 9.17) is 5.73 Å². The monoisotopic (exact) mass is 223 g/mol. The number of nitrogens with two attached hydrogens (primary N) is 1. The quantitative estimate of drug-likeness (QED) is 0.660. The molecular weight excluding hydrogens is 208 g/mol. The van der Waals surface area contributed by atoms with Crippen LogP contribution in [-0.2, 0) is 14.3 Å². The number of halogens is 2. The van der Waals surface area contributed by atoms with Crippen molar-refractivity contribution in [2.75, 3.05) is 6.61 Å². The van der Waals surface area contributed by atoms with Gasteiger partial charge in [-0.05, 0) is 6.92 Å². The number of carbonyl (C=O) groups excluding carboxylic acids is 2. The summed E-state index contributed by atoms with van der Waals surface area (Å²) in [4.78, 5) is 21.1. The molecule has 0 spiro atoms. The van der Waals surface area contributed by atoms with Gasteiger partial charge in [0.25, 0.3) is 0 Å². The van der Waals surface area contributed by atoms with Crippen molar-refractivity contribution in [3.05, 3.63) is 0 Å². The molecule has 0 aromatic heterocycles. The van der Waals surface area contributed by atoms with Gasteiger partial charge in [0.1, 0.15) is 0 Å². The number of hydrogen-bond donors (Lipinski definition) is 1. The zero-order valence-corrected chi connectivity index (χ0v) is 8.59. The summed E-state index contributed by atoms with van der Waals surface area (Å²) in [6.07, 6.45) is -1.96. The fraction of sp³-hybridized carbons (Fsp3) is 0.778. The average Bonchev–Trinajstić information content (AvgIpc) is 2.13. The van der Waals surface area contributed by atoms with Crippen LogP contribution in [0.15, 0.2) is 0 Å². The Hall–Kier alpha value is -1.20. The van der Waals surface area contributed by atoms with Crippen LogP contribution in [0.2, 0.25) is 0 Å². The third-order valence-electron chi connectivity index (χ3n) is 1.74.